The minimum atomic E-state index is -3.57. The van der Waals surface area contributed by atoms with Gasteiger partial charge in [0.25, 0.3) is 0 Å². The number of nitrogens with two attached hydrogens (primary N) is 1. The molecule has 0 aliphatic rings. The van der Waals surface area contributed by atoms with E-state index >= 15 is 0 Å². The van der Waals surface area contributed by atoms with Gasteiger partial charge >= 0.3 is 0 Å². The van der Waals surface area contributed by atoms with Crippen molar-refractivity contribution < 1.29 is 8.42 Å². The minimum Gasteiger partial charge on any atom is -0.382 e. The molecule has 1 aromatic heterocycles. The fourth-order valence-corrected chi connectivity index (χ4v) is 3.98. The van der Waals surface area contributed by atoms with Gasteiger partial charge in [0.1, 0.15) is 5.00 Å². The summed E-state index contributed by atoms with van der Waals surface area (Å²) in [6.07, 6.45) is 0.931. The maximum atomic E-state index is 12.2. The number of nitrogen functional groups attached to an aromatic ring is 1. The van der Waals surface area contributed by atoms with Crippen molar-refractivity contribution in [2.75, 3.05) is 51.3 Å². The van der Waals surface area contributed by atoms with E-state index in [-0.39, 0.29) is 10.7 Å². The summed E-state index contributed by atoms with van der Waals surface area (Å²) >= 11 is 1.09. The van der Waals surface area contributed by atoms with E-state index in [4.69, 9.17) is 5.73 Å². The van der Waals surface area contributed by atoms with Crippen LogP contribution in [0.5, 0.6) is 0 Å². The highest BCUT2D eigenvalue weighted by atomic mass is 32.2. The number of nitrogens with zero attached hydrogens (tertiary/aromatic N) is 3. The molecule has 0 unspecified atom stereocenters. The standard InChI is InChI=1S/C12H25N5O2S2/c1-5-17(6-2)9-7-8-14-12-10(11(13)15-20-12)21(18,19)16(3)4/h14H,5-9H2,1-4H3,(H2,13,15). The van der Waals surface area contributed by atoms with Crippen LogP contribution in [-0.4, -0.2) is 62.3 Å². The largest absolute Gasteiger partial charge is 0.382 e. The van der Waals surface area contributed by atoms with Crippen LogP contribution in [-0.2, 0) is 10.0 Å². The highest BCUT2D eigenvalue weighted by molar-refractivity contribution is 7.89. The fourth-order valence-electron chi connectivity index (χ4n) is 1.88. The Morgan fingerprint density at radius 3 is 2.43 bits per heavy atom. The molecule has 0 atom stereocenters. The smallest absolute Gasteiger partial charge is 0.249 e. The van der Waals surface area contributed by atoms with E-state index in [1.807, 2.05) is 0 Å². The van der Waals surface area contributed by atoms with Crippen molar-refractivity contribution in [1.82, 2.24) is 13.6 Å². The third kappa shape index (κ3) is 4.53. The zero-order valence-electron chi connectivity index (χ0n) is 13.1. The van der Waals surface area contributed by atoms with Crippen LogP contribution in [0.25, 0.3) is 0 Å². The molecular formula is C12H25N5O2S2. The lowest BCUT2D eigenvalue weighted by atomic mass is 10.3. The topological polar surface area (TPSA) is 91.6 Å². The van der Waals surface area contributed by atoms with Crippen LogP contribution in [0.3, 0.4) is 0 Å². The van der Waals surface area contributed by atoms with Gasteiger partial charge in [0.05, 0.1) is 0 Å². The number of hydrogen-bond acceptors (Lipinski definition) is 7. The molecule has 122 valence electrons. The summed E-state index contributed by atoms with van der Waals surface area (Å²) in [7, 11) is -0.609. The summed E-state index contributed by atoms with van der Waals surface area (Å²) in [4.78, 5) is 2.40. The molecule has 1 rings (SSSR count). The average Bonchev–Trinajstić information content (AvgIpc) is 2.80. The highest BCUT2D eigenvalue weighted by Crippen LogP contribution is 2.32. The molecule has 0 amide bonds. The van der Waals surface area contributed by atoms with Gasteiger partial charge < -0.3 is 16.0 Å². The molecule has 1 aromatic rings. The molecule has 1 heterocycles. The van der Waals surface area contributed by atoms with Gasteiger partial charge in [0, 0.05) is 20.6 Å². The van der Waals surface area contributed by atoms with E-state index in [9.17, 15) is 8.42 Å². The average molecular weight is 335 g/mol. The Morgan fingerprint density at radius 2 is 1.90 bits per heavy atom. The number of anilines is 2. The predicted octanol–water partition coefficient (Wildman–Crippen LogP) is 1.12. The number of nitrogens with one attached hydrogen (secondary N) is 1. The Bertz CT molecular complexity index is 538. The Labute approximate surface area is 131 Å². The van der Waals surface area contributed by atoms with E-state index < -0.39 is 10.0 Å². The first-order valence-corrected chi connectivity index (χ1v) is 9.19. The van der Waals surface area contributed by atoms with Crippen molar-refractivity contribution in [2.24, 2.45) is 0 Å². The maximum Gasteiger partial charge on any atom is 0.249 e. The number of hydrogen-bond donors (Lipinski definition) is 2. The van der Waals surface area contributed by atoms with Crippen LogP contribution in [0.1, 0.15) is 20.3 Å². The van der Waals surface area contributed by atoms with Crippen molar-refractivity contribution >= 4 is 32.4 Å². The SMILES string of the molecule is CCN(CC)CCCNc1snc(N)c1S(=O)(=O)N(C)C. The molecule has 21 heavy (non-hydrogen) atoms. The van der Waals surface area contributed by atoms with Gasteiger partial charge in [-0.1, -0.05) is 13.8 Å². The normalized spacial score (nSPS) is 12.3. The zero-order chi connectivity index (χ0) is 16.0. The molecule has 9 heteroatoms. The van der Waals surface area contributed by atoms with Crippen LogP contribution in [0.2, 0.25) is 0 Å². The molecule has 0 radical (unpaired) electrons. The molecule has 0 bridgehead atoms. The first kappa shape index (κ1) is 18.1. The van der Waals surface area contributed by atoms with Gasteiger partial charge in [0.2, 0.25) is 10.0 Å². The summed E-state index contributed by atoms with van der Waals surface area (Å²) in [5.74, 6) is 0.0555. The van der Waals surface area contributed by atoms with Gasteiger partial charge in [-0.05, 0) is 37.6 Å². The first-order valence-electron chi connectivity index (χ1n) is 6.98. The molecule has 0 saturated heterocycles. The predicted molar refractivity (Wildman–Crippen MR) is 88.3 cm³/mol. The third-order valence-electron chi connectivity index (χ3n) is 3.24. The van der Waals surface area contributed by atoms with Gasteiger partial charge in [-0.15, -0.1) is 0 Å². The van der Waals surface area contributed by atoms with Gasteiger partial charge in [0.15, 0.2) is 10.7 Å². The third-order valence-corrected chi connectivity index (χ3v) is 6.08. The molecular weight excluding hydrogens is 310 g/mol. The maximum absolute atomic E-state index is 12.2. The van der Waals surface area contributed by atoms with Crippen molar-refractivity contribution in [3.63, 3.8) is 0 Å². The number of aromatic nitrogens is 1. The summed E-state index contributed by atoms with van der Waals surface area (Å²) < 4.78 is 29.6. The Morgan fingerprint density at radius 1 is 1.29 bits per heavy atom. The molecule has 0 spiro atoms. The van der Waals surface area contributed by atoms with Gasteiger partial charge in [-0.3, -0.25) is 0 Å². The fraction of sp³-hybridized carbons (Fsp3) is 0.750. The van der Waals surface area contributed by atoms with Crippen molar-refractivity contribution in [3.05, 3.63) is 0 Å². The van der Waals surface area contributed by atoms with Crippen molar-refractivity contribution in [2.45, 2.75) is 25.2 Å². The molecule has 0 aliphatic heterocycles. The summed E-state index contributed by atoms with van der Waals surface area (Å²) in [5.41, 5.74) is 5.71. The molecule has 0 fully saturated rings. The molecule has 3 N–H and O–H groups in total. The summed E-state index contributed by atoms with van der Waals surface area (Å²) in [6.45, 7) is 7.96. The second kappa shape index (κ2) is 7.92. The van der Waals surface area contributed by atoms with Crippen LogP contribution in [0, 0.1) is 0 Å². The zero-order valence-corrected chi connectivity index (χ0v) is 14.7. The van der Waals surface area contributed by atoms with Crippen LogP contribution >= 0.6 is 11.5 Å². The van der Waals surface area contributed by atoms with Gasteiger partial charge in [-0.2, -0.15) is 4.37 Å². The lowest BCUT2D eigenvalue weighted by molar-refractivity contribution is 0.303. The summed E-state index contributed by atoms with van der Waals surface area (Å²) in [5, 5.41) is 3.66. The van der Waals surface area contributed by atoms with Crippen LogP contribution in [0.15, 0.2) is 4.90 Å². The minimum absolute atomic E-state index is 0.0555. The van der Waals surface area contributed by atoms with E-state index in [2.05, 4.69) is 28.4 Å². The first-order chi connectivity index (χ1) is 9.84. The Balaban J connectivity index is 2.70. The Kier molecular flexibility index (Phi) is 6.85. The highest BCUT2D eigenvalue weighted by Gasteiger charge is 2.27. The van der Waals surface area contributed by atoms with Crippen LogP contribution < -0.4 is 11.1 Å². The van der Waals surface area contributed by atoms with Crippen molar-refractivity contribution in [3.8, 4) is 0 Å². The van der Waals surface area contributed by atoms with Gasteiger partial charge in [-0.25, -0.2) is 12.7 Å². The van der Waals surface area contributed by atoms with E-state index in [1.54, 1.807) is 0 Å². The van der Waals surface area contributed by atoms with E-state index in [1.165, 1.54) is 14.1 Å². The van der Waals surface area contributed by atoms with E-state index in [0.717, 1.165) is 41.9 Å². The lowest BCUT2D eigenvalue weighted by Crippen LogP contribution is -2.26. The summed E-state index contributed by atoms with van der Waals surface area (Å²) in [6, 6.07) is 0. The quantitative estimate of drug-likeness (QED) is 0.657. The second-order valence-corrected chi connectivity index (χ2v) is 7.68. The Hall–Kier alpha value is -0.900. The molecule has 0 saturated carbocycles. The molecule has 7 nitrogen and oxygen atoms in total. The molecule has 0 aliphatic carbocycles. The number of rotatable bonds is 9. The van der Waals surface area contributed by atoms with Crippen LogP contribution in [0.4, 0.5) is 10.8 Å². The van der Waals surface area contributed by atoms with E-state index in [0.29, 0.717) is 11.5 Å². The second-order valence-electron chi connectivity index (χ2n) is 4.82. The molecule has 0 aromatic carbocycles. The lowest BCUT2D eigenvalue weighted by Gasteiger charge is -2.18. The van der Waals surface area contributed by atoms with Crippen molar-refractivity contribution in [1.29, 1.82) is 0 Å². The number of sulfonamides is 1. The monoisotopic (exact) mass is 335 g/mol.